The minimum absolute atomic E-state index is 1.11. The van der Waals surface area contributed by atoms with Crippen molar-refractivity contribution in [2.75, 3.05) is 32.8 Å². The van der Waals surface area contributed by atoms with E-state index in [1.54, 1.807) is 0 Å². The fourth-order valence-corrected chi connectivity index (χ4v) is 2.88. The van der Waals surface area contributed by atoms with Gasteiger partial charge in [0.25, 0.3) is 0 Å². The van der Waals surface area contributed by atoms with Crippen molar-refractivity contribution in [2.24, 2.45) is 5.92 Å². The van der Waals surface area contributed by atoms with Crippen LogP contribution in [0.1, 0.15) is 25.7 Å². The van der Waals surface area contributed by atoms with Crippen molar-refractivity contribution >= 4 is 6.60 Å². The fraction of sp³-hybridized carbons (Fsp3) is 1.00. The Hall–Kier alpha value is 0.430. The Morgan fingerprint density at radius 3 is 1.91 bits per heavy atom. The molecule has 0 nitrogen and oxygen atoms in total. The first-order valence-corrected chi connectivity index (χ1v) is 9.04. The average Bonchev–Trinajstić information content (AvgIpc) is 1.54. The van der Waals surface area contributed by atoms with Gasteiger partial charge in [0.2, 0.25) is 0 Å². The van der Waals surface area contributed by atoms with Gasteiger partial charge in [0, 0.05) is 0 Å². The summed E-state index contributed by atoms with van der Waals surface area (Å²) in [5, 5.41) is 0. The average molecular weight is 174 g/mol. The topological polar surface area (TPSA) is 0 Å². The monoisotopic (exact) mass is 174 g/mol. The van der Waals surface area contributed by atoms with Gasteiger partial charge < -0.3 is 0 Å². The predicted octanol–water partition coefficient (Wildman–Crippen LogP) is 3.25. The zero-order valence-electron chi connectivity index (χ0n) is 8.56. The van der Waals surface area contributed by atoms with Crippen LogP contribution in [0.15, 0.2) is 0 Å². The second-order valence-electron chi connectivity index (χ2n) is 6.26. The molecule has 0 aromatic heterocycles. The van der Waals surface area contributed by atoms with Crippen molar-refractivity contribution in [3.8, 4) is 0 Å². The predicted molar refractivity (Wildman–Crippen MR) is 57.4 cm³/mol. The van der Waals surface area contributed by atoms with Crippen LogP contribution in [-0.4, -0.2) is 32.8 Å². The van der Waals surface area contributed by atoms with E-state index in [9.17, 15) is 0 Å². The molecule has 11 heavy (non-hydrogen) atoms. The summed E-state index contributed by atoms with van der Waals surface area (Å²) in [5.41, 5.74) is 0. The first-order valence-electron chi connectivity index (χ1n) is 4.83. The van der Waals surface area contributed by atoms with Crippen LogP contribution in [0.4, 0.5) is 0 Å². The van der Waals surface area contributed by atoms with Crippen LogP contribution >= 0.6 is 6.60 Å². The minimum atomic E-state index is -1.16. The van der Waals surface area contributed by atoms with E-state index in [1.807, 2.05) is 0 Å². The van der Waals surface area contributed by atoms with Crippen LogP contribution in [0.25, 0.3) is 0 Å². The molecule has 0 aromatic carbocycles. The fourth-order valence-electron chi connectivity index (χ4n) is 1.48. The molecular formula is C10H23P. The third-order valence-corrected chi connectivity index (χ3v) is 4.70. The molecule has 0 saturated heterocycles. The molecule has 0 radical (unpaired) electrons. The Bertz CT molecular complexity index is 127. The van der Waals surface area contributed by atoms with Crippen molar-refractivity contribution in [3.05, 3.63) is 0 Å². The van der Waals surface area contributed by atoms with Crippen molar-refractivity contribution in [1.82, 2.24) is 0 Å². The Balaban J connectivity index is 2.20. The summed E-state index contributed by atoms with van der Waals surface area (Å²) in [6, 6.07) is 0. The van der Waals surface area contributed by atoms with E-state index in [0.717, 1.165) is 5.92 Å². The Morgan fingerprint density at radius 2 is 1.64 bits per heavy atom. The van der Waals surface area contributed by atoms with Gasteiger partial charge >= 0.3 is 71.0 Å². The molecule has 0 unspecified atom stereocenters. The van der Waals surface area contributed by atoms with Gasteiger partial charge in [0.05, 0.1) is 0 Å². The van der Waals surface area contributed by atoms with E-state index in [0.29, 0.717) is 0 Å². The summed E-state index contributed by atoms with van der Waals surface area (Å²) < 4.78 is 0. The van der Waals surface area contributed by atoms with Gasteiger partial charge in [-0.05, 0) is 0 Å². The number of hydrogen-bond donors (Lipinski definition) is 0. The van der Waals surface area contributed by atoms with Crippen molar-refractivity contribution < 1.29 is 0 Å². The molecule has 0 aromatic rings. The first kappa shape index (κ1) is 9.52. The molecule has 1 rings (SSSR count). The van der Waals surface area contributed by atoms with Gasteiger partial charge in [-0.25, -0.2) is 0 Å². The summed E-state index contributed by atoms with van der Waals surface area (Å²) in [5.74, 6) is 1.11. The van der Waals surface area contributed by atoms with Gasteiger partial charge in [-0.15, -0.1) is 0 Å². The molecule has 0 amide bonds. The van der Waals surface area contributed by atoms with Crippen LogP contribution in [0.5, 0.6) is 0 Å². The second kappa shape index (κ2) is 2.73. The Labute approximate surface area is 71.7 Å². The molecule has 0 heterocycles. The summed E-state index contributed by atoms with van der Waals surface area (Å²) >= 11 is 0. The third kappa shape index (κ3) is 4.11. The van der Waals surface area contributed by atoms with E-state index in [-0.39, 0.29) is 0 Å². The van der Waals surface area contributed by atoms with E-state index >= 15 is 0 Å². The number of rotatable bonds is 3. The molecule has 0 spiro atoms. The second-order valence-corrected chi connectivity index (χ2v) is 14.6. The van der Waals surface area contributed by atoms with Gasteiger partial charge in [0.1, 0.15) is 0 Å². The standard InChI is InChI=1S/C10H23P/c1-11(2,3,4)9-8-10-6-5-7-10/h10H,5-9H2,1-4H3. The van der Waals surface area contributed by atoms with Crippen molar-refractivity contribution in [1.29, 1.82) is 0 Å². The van der Waals surface area contributed by atoms with Gasteiger partial charge in [-0.3, -0.25) is 0 Å². The van der Waals surface area contributed by atoms with Gasteiger partial charge in [-0.2, -0.15) is 0 Å². The quantitative estimate of drug-likeness (QED) is 0.576. The molecular weight excluding hydrogens is 151 g/mol. The Morgan fingerprint density at radius 1 is 1.09 bits per heavy atom. The van der Waals surface area contributed by atoms with Crippen LogP contribution in [0, 0.1) is 5.92 Å². The molecule has 0 N–H and O–H groups in total. The Kier molecular flexibility index (Phi) is 2.36. The maximum absolute atomic E-state index is 2.49. The third-order valence-electron chi connectivity index (χ3n) is 2.66. The molecule has 1 saturated carbocycles. The zero-order chi connectivity index (χ0) is 8.56. The summed E-state index contributed by atoms with van der Waals surface area (Å²) in [7, 11) is 0. The van der Waals surface area contributed by atoms with Crippen LogP contribution in [0.2, 0.25) is 0 Å². The van der Waals surface area contributed by atoms with Crippen LogP contribution < -0.4 is 0 Å². The van der Waals surface area contributed by atoms with Crippen molar-refractivity contribution in [2.45, 2.75) is 25.7 Å². The molecule has 0 atom stereocenters. The summed E-state index contributed by atoms with van der Waals surface area (Å²) in [6.45, 7) is 8.81. The molecule has 1 fully saturated rings. The molecule has 1 heteroatoms. The zero-order valence-corrected chi connectivity index (χ0v) is 9.45. The SMILES string of the molecule is CP(C)(C)(C)CCC1CCC1. The van der Waals surface area contributed by atoms with E-state index in [2.05, 4.69) is 26.7 Å². The van der Waals surface area contributed by atoms with E-state index in [4.69, 9.17) is 0 Å². The molecule has 1 aliphatic rings. The van der Waals surface area contributed by atoms with E-state index < -0.39 is 6.60 Å². The first-order chi connectivity index (χ1) is 4.83. The maximum atomic E-state index is 2.49. The van der Waals surface area contributed by atoms with Gasteiger partial charge in [-0.1, -0.05) is 0 Å². The van der Waals surface area contributed by atoms with Crippen molar-refractivity contribution in [3.63, 3.8) is 0 Å². The molecule has 0 bridgehead atoms. The molecule has 0 aliphatic heterocycles. The summed E-state index contributed by atoms with van der Waals surface area (Å²) in [6.07, 6.45) is 7.56. The van der Waals surface area contributed by atoms with Crippen LogP contribution in [-0.2, 0) is 0 Å². The van der Waals surface area contributed by atoms with Gasteiger partial charge in [0.15, 0.2) is 0 Å². The van der Waals surface area contributed by atoms with E-state index in [1.165, 1.54) is 31.8 Å². The summed E-state index contributed by atoms with van der Waals surface area (Å²) in [4.78, 5) is 0. The molecule has 1 aliphatic carbocycles. The normalized spacial score (nSPS) is 23.8. The van der Waals surface area contributed by atoms with Crippen LogP contribution in [0.3, 0.4) is 0 Å². The number of hydrogen-bond acceptors (Lipinski definition) is 0. The molecule has 68 valence electrons.